The van der Waals surface area contributed by atoms with Crippen molar-refractivity contribution in [3.63, 3.8) is 0 Å². The molecule has 3 rings (SSSR count). The van der Waals surface area contributed by atoms with Gasteiger partial charge in [-0.3, -0.25) is 4.79 Å². The Morgan fingerprint density at radius 3 is 2.52 bits per heavy atom. The molecule has 2 saturated heterocycles. The van der Waals surface area contributed by atoms with E-state index in [-0.39, 0.29) is 5.91 Å². The van der Waals surface area contributed by atoms with Gasteiger partial charge in [-0.2, -0.15) is 0 Å². The lowest BCUT2D eigenvalue weighted by molar-refractivity contribution is -0.138. The van der Waals surface area contributed by atoms with Gasteiger partial charge in [-0.1, -0.05) is 6.92 Å². The van der Waals surface area contributed by atoms with Crippen molar-refractivity contribution in [2.75, 3.05) is 24.5 Å². The normalized spacial score (nSPS) is 22.4. The monoisotopic (exact) mass is 317 g/mol. The molecule has 0 spiro atoms. The summed E-state index contributed by atoms with van der Waals surface area (Å²) in [5.74, 6) is 0.528. The minimum atomic E-state index is -0.813. The van der Waals surface area contributed by atoms with Crippen LogP contribution < -0.4 is 4.90 Å². The van der Waals surface area contributed by atoms with Gasteiger partial charge in [0.05, 0.1) is 5.56 Å². The molecule has 124 valence electrons. The Morgan fingerprint density at radius 2 is 1.91 bits per heavy atom. The van der Waals surface area contributed by atoms with Crippen molar-refractivity contribution in [1.29, 1.82) is 0 Å². The molecule has 3 heterocycles. The number of aromatic nitrogens is 1. The average molecular weight is 317 g/mol. The van der Waals surface area contributed by atoms with Gasteiger partial charge in [-0.05, 0) is 43.7 Å². The first-order chi connectivity index (χ1) is 11.1. The number of piperidine rings is 1. The van der Waals surface area contributed by atoms with Gasteiger partial charge < -0.3 is 14.9 Å². The van der Waals surface area contributed by atoms with Gasteiger partial charge in [0, 0.05) is 25.8 Å². The molecule has 6 heteroatoms. The van der Waals surface area contributed by atoms with Crippen LogP contribution in [0.5, 0.6) is 0 Å². The maximum atomic E-state index is 12.5. The van der Waals surface area contributed by atoms with Gasteiger partial charge in [-0.25, -0.2) is 9.78 Å². The SMILES string of the molecule is CC1CCN(C(=O)c2ccc(N3CCC[C@H]3C(=O)O)nc2)CC1. The van der Waals surface area contributed by atoms with E-state index in [1.165, 1.54) is 0 Å². The summed E-state index contributed by atoms with van der Waals surface area (Å²) >= 11 is 0. The smallest absolute Gasteiger partial charge is 0.326 e. The summed E-state index contributed by atoms with van der Waals surface area (Å²) in [5, 5.41) is 9.25. The van der Waals surface area contributed by atoms with Gasteiger partial charge in [0.2, 0.25) is 0 Å². The molecular formula is C17H23N3O3. The number of nitrogens with zero attached hydrogens (tertiary/aromatic N) is 3. The van der Waals surface area contributed by atoms with E-state index < -0.39 is 12.0 Å². The highest BCUT2D eigenvalue weighted by Gasteiger charge is 2.31. The number of carbonyl (C=O) groups excluding carboxylic acids is 1. The summed E-state index contributed by atoms with van der Waals surface area (Å²) in [6, 6.07) is 3.02. The van der Waals surface area contributed by atoms with Crippen LogP contribution in [0.1, 0.15) is 43.0 Å². The predicted octanol–water partition coefficient (Wildman–Crippen LogP) is 2.01. The van der Waals surface area contributed by atoms with Crippen LogP contribution in [0.4, 0.5) is 5.82 Å². The number of hydrogen-bond acceptors (Lipinski definition) is 4. The maximum absolute atomic E-state index is 12.5. The second-order valence-corrected chi connectivity index (χ2v) is 6.57. The van der Waals surface area contributed by atoms with Crippen LogP contribution in [0, 0.1) is 5.92 Å². The van der Waals surface area contributed by atoms with E-state index in [0.717, 1.165) is 32.4 Å². The molecule has 0 unspecified atom stereocenters. The van der Waals surface area contributed by atoms with E-state index in [4.69, 9.17) is 0 Å². The lowest BCUT2D eigenvalue weighted by Crippen LogP contribution is -2.38. The topological polar surface area (TPSA) is 73.7 Å². The zero-order valence-electron chi connectivity index (χ0n) is 13.4. The quantitative estimate of drug-likeness (QED) is 0.923. The standard InChI is InChI=1S/C17H23N3O3/c1-12-6-9-19(10-7-12)16(21)13-4-5-15(18-11-13)20-8-2-3-14(20)17(22)23/h4-5,11-12,14H,2-3,6-10H2,1H3,(H,22,23)/t14-/m0/s1. The van der Waals surface area contributed by atoms with Crippen LogP contribution >= 0.6 is 0 Å². The molecule has 1 amide bonds. The second kappa shape index (κ2) is 6.56. The number of anilines is 1. The Bertz CT molecular complexity index is 579. The van der Waals surface area contributed by atoms with Crippen LogP contribution in [-0.4, -0.2) is 52.5 Å². The highest BCUT2D eigenvalue weighted by atomic mass is 16.4. The minimum absolute atomic E-state index is 0.0205. The van der Waals surface area contributed by atoms with E-state index in [9.17, 15) is 14.7 Å². The van der Waals surface area contributed by atoms with E-state index in [0.29, 0.717) is 30.3 Å². The maximum Gasteiger partial charge on any atom is 0.326 e. The van der Waals surface area contributed by atoms with Gasteiger partial charge in [-0.15, -0.1) is 0 Å². The third-order valence-electron chi connectivity index (χ3n) is 4.90. The zero-order valence-corrected chi connectivity index (χ0v) is 13.4. The van der Waals surface area contributed by atoms with Crippen molar-refractivity contribution in [2.45, 2.75) is 38.6 Å². The third kappa shape index (κ3) is 3.30. The molecular weight excluding hydrogens is 294 g/mol. The van der Waals surface area contributed by atoms with Crippen LogP contribution in [0.25, 0.3) is 0 Å². The zero-order chi connectivity index (χ0) is 16.4. The first-order valence-electron chi connectivity index (χ1n) is 8.31. The summed E-state index contributed by atoms with van der Waals surface area (Å²) < 4.78 is 0. The Labute approximate surface area is 136 Å². The number of carbonyl (C=O) groups is 2. The number of carboxylic acids is 1. The van der Waals surface area contributed by atoms with Crippen LogP contribution in [0.2, 0.25) is 0 Å². The number of rotatable bonds is 3. The molecule has 0 aromatic carbocycles. The number of pyridine rings is 1. The van der Waals surface area contributed by atoms with Gasteiger partial charge in [0.15, 0.2) is 0 Å². The largest absolute Gasteiger partial charge is 0.480 e. The highest BCUT2D eigenvalue weighted by molar-refractivity contribution is 5.94. The molecule has 1 N–H and O–H groups in total. The Hall–Kier alpha value is -2.11. The van der Waals surface area contributed by atoms with Crippen LogP contribution in [0.3, 0.4) is 0 Å². The summed E-state index contributed by atoms with van der Waals surface area (Å²) in [7, 11) is 0. The molecule has 2 aliphatic rings. The first-order valence-corrected chi connectivity index (χ1v) is 8.31. The summed E-state index contributed by atoms with van der Waals surface area (Å²) in [6.45, 7) is 4.51. The lowest BCUT2D eigenvalue weighted by Gasteiger charge is -2.30. The molecule has 1 aromatic rings. The van der Waals surface area contributed by atoms with Gasteiger partial charge in [0.25, 0.3) is 5.91 Å². The fourth-order valence-electron chi connectivity index (χ4n) is 3.37. The Kier molecular flexibility index (Phi) is 4.50. The van der Waals surface area contributed by atoms with Crippen molar-refractivity contribution >= 4 is 17.7 Å². The van der Waals surface area contributed by atoms with E-state index in [2.05, 4.69) is 11.9 Å². The molecule has 1 aromatic heterocycles. The number of hydrogen-bond donors (Lipinski definition) is 1. The molecule has 2 aliphatic heterocycles. The van der Waals surface area contributed by atoms with Crippen molar-refractivity contribution in [3.8, 4) is 0 Å². The van der Waals surface area contributed by atoms with E-state index >= 15 is 0 Å². The molecule has 0 saturated carbocycles. The molecule has 0 bridgehead atoms. The van der Waals surface area contributed by atoms with Crippen LogP contribution in [-0.2, 0) is 4.79 Å². The second-order valence-electron chi connectivity index (χ2n) is 6.57. The van der Waals surface area contributed by atoms with E-state index in [1.54, 1.807) is 23.2 Å². The van der Waals surface area contributed by atoms with Gasteiger partial charge in [0.1, 0.15) is 11.9 Å². The fourth-order valence-corrected chi connectivity index (χ4v) is 3.37. The Balaban J connectivity index is 1.69. The number of amides is 1. The van der Waals surface area contributed by atoms with Crippen molar-refractivity contribution < 1.29 is 14.7 Å². The molecule has 0 radical (unpaired) electrons. The first kappa shape index (κ1) is 15.8. The lowest BCUT2D eigenvalue weighted by atomic mass is 9.99. The average Bonchev–Trinajstić information content (AvgIpc) is 3.05. The summed E-state index contributed by atoms with van der Waals surface area (Å²) in [6.07, 6.45) is 5.17. The minimum Gasteiger partial charge on any atom is -0.480 e. The Morgan fingerprint density at radius 1 is 1.17 bits per heavy atom. The molecule has 1 atom stereocenters. The number of carboxylic acid groups (broad SMARTS) is 1. The molecule has 2 fully saturated rings. The van der Waals surface area contributed by atoms with Crippen LogP contribution in [0.15, 0.2) is 18.3 Å². The van der Waals surface area contributed by atoms with Crippen molar-refractivity contribution in [3.05, 3.63) is 23.9 Å². The van der Waals surface area contributed by atoms with Gasteiger partial charge >= 0.3 is 5.97 Å². The van der Waals surface area contributed by atoms with Crippen molar-refractivity contribution in [1.82, 2.24) is 9.88 Å². The van der Waals surface area contributed by atoms with E-state index in [1.807, 2.05) is 4.90 Å². The highest BCUT2D eigenvalue weighted by Crippen LogP contribution is 2.24. The molecule has 23 heavy (non-hydrogen) atoms. The number of likely N-dealkylation sites (tertiary alicyclic amines) is 1. The molecule has 0 aliphatic carbocycles. The summed E-state index contributed by atoms with van der Waals surface area (Å²) in [4.78, 5) is 31.8. The predicted molar refractivity (Wildman–Crippen MR) is 86.5 cm³/mol. The molecule has 6 nitrogen and oxygen atoms in total. The number of aliphatic carboxylic acids is 1. The fraction of sp³-hybridized carbons (Fsp3) is 0.588. The van der Waals surface area contributed by atoms with Crippen molar-refractivity contribution in [2.24, 2.45) is 5.92 Å². The third-order valence-corrected chi connectivity index (χ3v) is 4.90. The summed E-state index contributed by atoms with van der Waals surface area (Å²) in [5.41, 5.74) is 0.578.